The minimum Gasteiger partial charge on any atom is -0.353 e. The lowest BCUT2D eigenvalue weighted by Crippen LogP contribution is -2.21. The number of rotatable bonds is 8. The van der Waals surface area contributed by atoms with Crippen molar-refractivity contribution >= 4 is 43.4 Å². The summed E-state index contributed by atoms with van der Waals surface area (Å²) in [5.74, 6) is -0.748. The van der Waals surface area contributed by atoms with E-state index in [-0.39, 0.29) is 12.5 Å². The molecule has 5 aromatic heterocycles. The number of hydrogen-bond donors (Lipinski definition) is 4. The highest BCUT2D eigenvalue weighted by atomic mass is 32.2. The number of fused-ring (bicyclic) bond motifs is 2. The Morgan fingerprint density at radius 3 is 2.52 bits per heavy atom. The minimum absolute atomic E-state index is 0.0502. The molecular weight excluding hydrogens is 607 g/mol. The first-order valence-electron chi connectivity index (χ1n) is 14.1. The SMILES string of the molecule is CS(=O)(=O)NCc1cc(F)cc(-c2nccc3[nH]c(-c4n[nH]c5cnc(-c6cncc(NC(=O)c7ccccc7)c6)cc45)cc23)c1. The van der Waals surface area contributed by atoms with E-state index < -0.39 is 15.8 Å². The highest BCUT2D eigenvalue weighted by Gasteiger charge is 2.17. The molecule has 2 aromatic carbocycles. The fraction of sp³-hybridized carbons (Fsp3) is 0.0606. The number of halogens is 1. The number of sulfonamides is 1. The Bertz CT molecular complexity index is 2370. The Morgan fingerprint density at radius 1 is 0.870 bits per heavy atom. The third-order valence-corrected chi connectivity index (χ3v) is 8.02. The summed E-state index contributed by atoms with van der Waals surface area (Å²) in [5, 5.41) is 12.0. The third kappa shape index (κ3) is 5.96. The normalized spacial score (nSPS) is 11.7. The summed E-state index contributed by atoms with van der Waals surface area (Å²) in [6, 6.07) is 20.7. The van der Waals surface area contributed by atoms with Gasteiger partial charge in [-0.2, -0.15) is 5.10 Å². The van der Waals surface area contributed by atoms with Gasteiger partial charge in [-0.25, -0.2) is 17.5 Å². The lowest BCUT2D eigenvalue weighted by atomic mass is 10.0. The maximum Gasteiger partial charge on any atom is 0.255 e. The third-order valence-electron chi connectivity index (χ3n) is 7.35. The molecule has 0 saturated carbocycles. The first kappa shape index (κ1) is 29.0. The Hall–Kier alpha value is -5.79. The standard InChI is InChI=1S/C33H25FN8O3S/c1-46(44,45)38-15-19-9-21(11-23(34)10-19)31-25-14-29(40-27(25)7-8-36-31)32-26-13-28(37-18-30(26)41-42-32)22-12-24(17-35-16-22)39-33(43)20-5-3-2-4-6-20/h2-14,16-18,38,40H,15H2,1H3,(H,39,43)(H,41,42). The Kier molecular flexibility index (Phi) is 7.31. The number of aromatic amines is 2. The number of anilines is 1. The van der Waals surface area contributed by atoms with E-state index >= 15 is 0 Å². The van der Waals surface area contributed by atoms with E-state index in [1.807, 2.05) is 24.3 Å². The summed E-state index contributed by atoms with van der Waals surface area (Å²) in [4.78, 5) is 29.5. The van der Waals surface area contributed by atoms with Crippen LogP contribution in [0.4, 0.5) is 10.1 Å². The summed E-state index contributed by atoms with van der Waals surface area (Å²) in [5.41, 5.74) is 6.72. The number of H-pyrrole nitrogens is 2. The fourth-order valence-electron chi connectivity index (χ4n) is 5.24. The topological polar surface area (TPSA) is 158 Å². The molecule has 0 spiro atoms. The molecule has 0 bridgehead atoms. The number of nitrogens with zero attached hydrogens (tertiary/aromatic N) is 4. The number of aromatic nitrogens is 6. The first-order chi connectivity index (χ1) is 22.2. The van der Waals surface area contributed by atoms with Gasteiger partial charge in [-0.1, -0.05) is 18.2 Å². The van der Waals surface area contributed by atoms with Gasteiger partial charge in [0.15, 0.2) is 0 Å². The van der Waals surface area contributed by atoms with Crippen molar-refractivity contribution in [1.29, 1.82) is 0 Å². The highest BCUT2D eigenvalue weighted by molar-refractivity contribution is 7.88. The van der Waals surface area contributed by atoms with Crippen molar-refractivity contribution in [2.45, 2.75) is 6.54 Å². The van der Waals surface area contributed by atoms with E-state index in [9.17, 15) is 17.6 Å². The van der Waals surface area contributed by atoms with E-state index in [1.165, 1.54) is 12.1 Å². The van der Waals surface area contributed by atoms with Crippen molar-refractivity contribution in [2.75, 3.05) is 11.6 Å². The average molecular weight is 633 g/mol. The molecular formula is C33H25FN8O3S. The van der Waals surface area contributed by atoms with Gasteiger partial charge in [0.1, 0.15) is 11.5 Å². The molecule has 7 rings (SSSR count). The summed E-state index contributed by atoms with van der Waals surface area (Å²) < 4.78 is 40.2. The van der Waals surface area contributed by atoms with Gasteiger partial charge in [0.2, 0.25) is 10.0 Å². The summed E-state index contributed by atoms with van der Waals surface area (Å²) >= 11 is 0. The molecule has 0 radical (unpaired) electrons. The maximum atomic E-state index is 14.6. The van der Waals surface area contributed by atoms with Crippen molar-refractivity contribution < 1.29 is 17.6 Å². The number of carbonyl (C=O) groups excluding carboxylic acids is 1. The number of amides is 1. The van der Waals surface area contributed by atoms with Crippen LogP contribution in [0.5, 0.6) is 0 Å². The van der Waals surface area contributed by atoms with Crippen LogP contribution in [0.15, 0.2) is 97.6 Å². The van der Waals surface area contributed by atoms with Gasteiger partial charge >= 0.3 is 0 Å². The smallest absolute Gasteiger partial charge is 0.255 e. The number of nitrogens with one attached hydrogen (secondary N) is 4. The van der Waals surface area contributed by atoms with Crippen LogP contribution >= 0.6 is 0 Å². The van der Waals surface area contributed by atoms with E-state index in [4.69, 9.17) is 0 Å². The number of hydrogen-bond acceptors (Lipinski definition) is 7. The average Bonchev–Trinajstić information content (AvgIpc) is 3.68. The second-order valence-corrected chi connectivity index (χ2v) is 12.5. The number of carbonyl (C=O) groups is 1. The molecule has 0 aliphatic rings. The van der Waals surface area contributed by atoms with Gasteiger partial charge in [-0.05, 0) is 60.2 Å². The Balaban J connectivity index is 1.22. The van der Waals surface area contributed by atoms with E-state index in [0.717, 1.165) is 22.5 Å². The molecule has 5 heterocycles. The molecule has 0 atom stereocenters. The molecule has 0 unspecified atom stereocenters. The highest BCUT2D eigenvalue weighted by Crippen LogP contribution is 2.34. The van der Waals surface area contributed by atoms with Gasteiger partial charge < -0.3 is 10.3 Å². The van der Waals surface area contributed by atoms with Crippen LogP contribution < -0.4 is 10.0 Å². The zero-order valence-corrected chi connectivity index (χ0v) is 25.1. The van der Waals surface area contributed by atoms with E-state index in [1.54, 1.807) is 61.2 Å². The summed E-state index contributed by atoms with van der Waals surface area (Å²) in [7, 11) is -3.45. The predicted molar refractivity (Wildman–Crippen MR) is 174 cm³/mol. The van der Waals surface area contributed by atoms with Crippen LogP contribution in [0.3, 0.4) is 0 Å². The molecule has 1 amide bonds. The van der Waals surface area contributed by atoms with Crippen molar-refractivity contribution in [1.82, 2.24) is 34.9 Å². The predicted octanol–water partition coefficient (Wildman–Crippen LogP) is 5.67. The lowest BCUT2D eigenvalue weighted by Gasteiger charge is -2.08. The molecule has 11 nitrogen and oxygen atoms in total. The first-order valence-corrected chi connectivity index (χ1v) is 16.0. The summed E-state index contributed by atoms with van der Waals surface area (Å²) in [6.45, 7) is -0.0502. The second kappa shape index (κ2) is 11.6. The Morgan fingerprint density at radius 2 is 1.70 bits per heavy atom. The van der Waals surface area contributed by atoms with Crippen molar-refractivity contribution in [3.05, 3.63) is 115 Å². The van der Waals surface area contributed by atoms with Crippen LogP contribution in [-0.4, -0.2) is 50.7 Å². The quantitative estimate of drug-likeness (QED) is 0.168. The number of benzene rings is 2. The van der Waals surface area contributed by atoms with Gasteiger partial charge in [0.25, 0.3) is 5.91 Å². The van der Waals surface area contributed by atoms with E-state index in [2.05, 4.69) is 40.2 Å². The van der Waals surface area contributed by atoms with Crippen LogP contribution in [-0.2, 0) is 16.6 Å². The van der Waals surface area contributed by atoms with Crippen molar-refractivity contribution in [2.24, 2.45) is 0 Å². The number of pyridine rings is 3. The summed E-state index contributed by atoms with van der Waals surface area (Å²) in [6.07, 6.45) is 7.61. The van der Waals surface area contributed by atoms with Gasteiger partial charge in [0, 0.05) is 51.9 Å². The van der Waals surface area contributed by atoms with Gasteiger partial charge in [-0.3, -0.25) is 24.8 Å². The van der Waals surface area contributed by atoms with E-state index in [0.29, 0.717) is 56.2 Å². The second-order valence-electron chi connectivity index (χ2n) is 10.7. The Labute approximate surface area is 262 Å². The molecule has 228 valence electrons. The minimum atomic E-state index is -3.45. The van der Waals surface area contributed by atoms with Gasteiger partial charge in [-0.15, -0.1) is 0 Å². The van der Waals surface area contributed by atoms with Crippen molar-refractivity contribution in [3.63, 3.8) is 0 Å². The largest absolute Gasteiger partial charge is 0.353 e. The molecule has 0 aliphatic carbocycles. The van der Waals surface area contributed by atoms with Crippen molar-refractivity contribution in [3.8, 4) is 33.9 Å². The molecule has 4 N–H and O–H groups in total. The van der Waals surface area contributed by atoms with Crippen LogP contribution in [0.25, 0.3) is 55.7 Å². The monoisotopic (exact) mass is 632 g/mol. The molecule has 0 aliphatic heterocycles. The molecule has 7 aromatic rings. The zero-order valence-electron chi connectivity index (χ0n) is 24.2. The van der Waals surface area contributed by atoms with Gasteiger partial charge in [0.05, 0.1) is 46.9 Å². The van der Waals surface area contributed by atoms with Crippen LogP contribution in [0, 0.1) is 5.82 Å². The molecule has 13 heteroatoms. The molecule has 0 fully saturated rings. The molecule has 46 heavy (non-hydrogen) atoms. The molecule has 0 saturated heterocycles. The fourth-order valence-corrected chi connectivity index (χ4v) is 5.66. The zero-order chi connectivity index (χ0) is 31.8. The lowest BCUT2D eigenvalue weighted by molar-refractivity contribution is 0.102. The maximum absolute atomic E-state index is 14.6. The van der Waals surface area contributed by atoms with Crippen LogP contribution in [0.2, 0.25) is 0 Å². The van der Waals surface area contributed by atoms with Crippen LogP contribution in [0.1, 0.15) is 15.9 Å².